The van der Waals surface area contributed by atoms with Crippen LogP contribution < -0.4 is 4.90 Å². The predicted octanol–water partition coefficient (Wildman–Crippen LogP) is 12.2. The number of rotatable bonds is 4. The third kappa shape index (κ3) is 3.82. The molecule has 2 heteroatoms. The second kappa shape index (κ2) is 9.86. The van der Waals surface area contributed by atoms with Gasteiger partial charge in [0.2, 0.25) is 0 Å². The van der Waals surface area contributed by atoms with Crippen LogP contribution in [-0.4, -0.2) is 0 Å². The van der Waals surface area contributed by atoms with Gasteiger partial charge >= 0.3 is 0 Å². The first-order valence-corrected chi connectivity index (χ1v) is 15.0. The highest BCUT2D eigenvalue weighted by atomic mass is 16.3. The normalized spacial score (nSPS) is 11.6. The molecule has 9 aromatic rings. The van der Waals surface area contributed by atoms with Crippen molar-refractivity contribution in [3.05, 3.63) is 164 Å². The lowest BCUT2D eigenvalue weighted by molar-refractivity contribution is 0.670. The molecule has 0 aliphatic carbocycles. The van der Waals surface area contributed by atoms with Gasteiger partial charge in [0.05, 0.1) is 11.1 Å². The Morgan fingerprint density at radius 2 is 1.02 bits per heavy atom. The Balaban J connectivity index is 1.36. The number of nitrogens with zero attached hydrogens (tertiary/aromatic N) is 1. The third-order valence-corrected chi connectivity index (χ3v) is 8.83. The topological polar surface area (TPSA) is 16.4 Å². The molecule has 44 heavy (non-hydrogen) atoms. The van der Waals surface area contributed by atoms with Gasteiger partial charge in [-0.1, -0.05) is 121 Å². The fraction of sp³-hybridized carbons (Fsp3) is 0. The molecule has 8 aromatic carbocycles. The van der Waals surface area contributed by atoms with Crippen LogP contribution in [0.25, 0.3) is 65.4 Å². The summed E-state index contributed by atoms with van der Waals surface area (Å²) in [5.74, 6) is 0. The van der Waals surface area contributed by atoms with Crippen molar-refractivity contribution in [1.82, 2.24) is 0 Å². The van der Waals surface area contributed by atoms with Crippen LogP contribution in [0, 0.1) is 0 Å². The zero-order valence-corrected chi connectivity index (χ0v) is 23.9. The van der Waals surface area contributed by atoms with E-state index in [1.54, 1.807) is 0 Å². The minimum Gasteiger partial charge on any atom is -0.455 e. The number of anilines is 3. The van der Waals surface area contributed by atoms with Crippen LogP contribution in [0.4, 0.5) is 17.1 Å². The van der Waals surface area contributed by atoms with E-state index in [1.165, 1.54) is 37.9 Å². The SMILES string of the molecule is c1ccc(N(c2ccc3ccc4ccccc4c3c2)c2ccc(-c3cccc4ccccc34)c3oc4ccccc4c23)cc1. The second-order valence-corrected chi connectivity index (χ2v) is 11.3. The van der Waals surface area contributed by atoms with Crippen molar-refractivity contribution in [1.29, 1.82) is 0 Å². The molecule has 0 bridgehead atoms. The summed E-state index contributed by atoms with van der Waals surface area (Å²) < 4.78 is 6.75. The first kappa shape index (κ1) is 24.7. The standard InChI is InChI=1S/C42H27NO/c1-2-14-31(15-3-1)43(32-24-23-30-22-21-29-12-5-7-17-34(29)38(30)27-32)39-26-25-36(35-19-10-13-28-11-4-6-16-33(28)35)42-41(39)37-18-8-9-20-40(37)44-42/h1-27H. The molecular weight excluding hydrogens is 534 g/mol. The zero-order chi connectivity index (χ0) is 29.0. The van der Waals surface area contributed by atoms with Gasteiger partial charge in [-0.3, -0.25) is 0 Å². The van der Waals surface area contributed by atoms with Gasteiger partial charge in [-0.15, -0.1) is 0 Å². The van der Waals surface area contributed by atoms with Crippen LogP contribution >= 0.6 is 0 Å². The summed E-state index contributed by atoms with van der Waals surface area (Å²) in [6, 6.07) is 58.5. The summed E-state index contributed by atoms with van der Waals surface area (Å²) in [5.41, 5.74) is 7.32. The number of para-hydroxylation sites is 2. The molecule has 0 atom stereocenters. The van der Waals surface area contributed by atoms with Crippen LogP contribution in [0.2, 0.25) is 0 Å². The molecular formula is C42H27NO. The lowest BCUT2D eigenvalue weighted by Gasteiger charge is -2.27. The van der Waals surface area contributed by atoms with Gasteiger partial charge in [0, 0.05) is 22.3 Å². The van der Waals surface area contributed by atoms with Crippen molar-refractivity contribution in [3.63, 3.8) is 0 Å². The number of fused-ring (bicyclic) bond motifs is 7. The van der Waals surface area contributed by atoms with E-state index in [9.17, 15) is 0 Å². The summed E-state index contributed by atoms with van der Waals surface area (Å²) in [6.45, 7) is 0. The lowest BCUT2D eigenvalue weighted by Crippen LogP contribution is -2.10. The molecule has 0 saturated carbocycles. The second-order valence-electron chi connectivity index (χ2n) is 11.3. The fourth-order valence-electron chi connectivity index (χ4n) is 6.80. The Bertz CT molecular complexity index is 2500. The maximum Gasteiger partial charge on any atom is 0.145 e. The van der Waals surface area contributed by atoms with Crippen LogP contribution in [0.15, 0.2) is 168 Å². The summed E-state index contributed by atoms with van der Waals surface area (Å²) in [7, 11) is 0. The molecule has 1 heterocycles. The fourth-order valence-corrected chi connectivity index (χ4v) is 6.80. The number of hydrogen-bond acceptors (Lipinski definition) is 2. The molecule has 0 saturated heterocycles. The summed E-state index contributed by atoms with van der Waals surface area (Å²) in [4.78, 5) is 2.37. The quantitative estimate of drug-likeness (QED) is 0.199. The number of furan rings is 1. The van der Waals surface area contributed by atoms with Crippen molar-refractivity contribution in [2.24, 2.45) is 0 Å². The van der Waals surface area contributed by atoms with Gasteiger partial charge in [0.25, 0.3) is 0 Å². The van der Waals surface area contributed by atoms with E-state index < -0.39 is 0 Å². The van der Waals surface area contributed by atoms with Crippen molar-refractivity contribution in [2.45, 2.75) is 0 Å². The molecule has 0 unspecified atom stereocenters. The van der Waals surface area contributed by atoms with Crippen molar-refractivity contribution in [2.75, 3.05) is 4.90 Å². The number of hydrogen-bond donors (Lipinski definition) is 0. The largest absolute Gasteiger partial charge is 0.455 e. The summed E-state index contributed by atoms with van der Waals surface area (Å²) >= 11 is 0. The molecule has 9 rings (SSSR count). The third-order valence-electron chi connectivity index (χ3n) is 8.83. The Morgan fingerprint density at radius 3 is 1.86 bits per heavy atom. The van der Waals surface area contributed by atoms with Crippen molar-refractivity contribution >= 4 is 71.3 Å². The van der Waals surface area contributed by atoms with Gasteiger partial charge in [-0.25, -0.2) is 0 Å². The van der Waals surface area contributed by atoms with Gasteiger partial charge in [0.1, 0.15) is 11.2 Å². The average molecular weight is 562 g/mol. The molecule has 0 radical (unpaired) electrons. The van der Waals surface area contributed by atoms with Gasteiger partial charge in [-0.2, -0.15) is 0 Å². The molecule has 0 N–H and O–H groups in total. The molecule has 2 nitrogen and oxygen atoms in total. The number of benzene rings is 8. The van der Waals surface area contributed by atoms with Gasteiger partial charge in [0.15, 0.2) is 0 Å². The Morgan fingerprint density at radius 1 is 0.386 bits per heavy atom. The molecule has 206 valence electrons. The van der Waals surface area contributed by atoms with E-state index in [-0.39, 0.29) is 0 Å². The molecule has 1 aromatic heterocycles. The van der Waals surface area contributed by atoms with Crippen LogP contribution in [0.1, 0.15) is 0 Å². The highest BCUT2D eigenvalue weighted by molar-refractivity contribution is 6.19. The molecule has 0 fully saturated rings. The monoisotopic (exact) mass is 561 g/mol. The van der Waals surface area contributed by atoms with E-state index in [0.29, 0.717) is 0 Å². The molecule has 0 spiro atoms. The van der Waals surface area contributed by atoms with Crippen LogP contribution in [-0.2, 0) is 0 Å². The van der Waals surface area contributed by atoms with E-state index >= 15 is 0 Å². The maximum atomic E-state index is 6.75. The lowest BCUT2D eigenvalue weighted by atomic mass is 9.95. The van der Waals surface area contributed by atoms with E-state index in [2.05, 4.69) is 163 Å². The van der Waals surface area contributed by atoms with E-state index in [1.807, 2.05) is 6.07 Å². The Kier molecular flexibility index (Phi) is 5.54. The average Bonchev–Trinajstić information content (AvgIpc) is 3.49. The predicted molar refractivity (Wildman–Crippen MR) is 186 cm³/mol. The van der Waals surface area contributed by atoms with Gasteiger partial charge < -0.3 is 9.32 Å². The minimum absolute atomic E-state index is 0.883. The molecule has 0 amide bonds. The zero-order valence-electron chi connectivity index (χ0n) is 23.9. The van der Waals surface area contributed by atoms with Crippen molar-refractivity contribution in [3.8, 4) is 11.1 Å². The van der Waals surface area contributed by atoms with Crippen LogP contribution in [0.5, 0.6) is 0 Å². The maximum absolute atomic E-state index is 6.75. The molecule has 0 aliphatic heterocycles. The van der Waals surface area contributed by atoms with E-state index in [4.69, 9.17) is 4.42 Å². The summed E-state index contributed by atoms with van der Waals surface area (Å²) in [5, 5.41) is 9.60. The molecule has 0 aliphatic rings. The Labute approximate surface area is 255 Å². The summed E-state index contributed by atoms with van der Waals surface area (Å²) in [6.07, 6.45) is 0. The van der Waals surface area contributed by atoms with Crippen molar-refractivity contribution < 1.29 is 4.42 Å². The minimum atomic E-state index is 0.883. The van der Waals surface area contributed by atoms with E-state index in [0.717, 1.165) is 44.6 Å². The Hall–Kier alpha value is -5.86. The highest BCUT2D eigenvalue weighted by Crippen LogP contribution is 2.47. The first-order valence-electron chi connectivity index (χ1n) is 15.0. The van der Waals surface area contributed by atoms with Gasteiger partial charge in [-0.05, 0) is 80.3 Å². The smallest absolute Gasteiger partial charge is 0.145 e. The highest BCUT2D eigenvalue weighted by Gasteiger charge is 2.23. The van der Waals surface area contributed by atoms with Crippen LogP contribution in [0.3, 0.4) is 0 Å². The first-order chi connectivity index (χ1) is 21.8.